The van der Waals surface area contributed by atoms with Gasteiger partial charge in [0.15, 0.2) is 5.76 Å². The topological polar surface area (TPSA) is 91.7 Å². The minimum Gasteiger partial charge on any atom is -0.455 e. The first-order valence-corrected chi connectivity index (χ1v) is 6.06. The molecule has 102 valence electrons. The summed E-state index contributed by atoms with van der Waals surface area (Å²) >= 11 is 0. The Morgan fingerprint density at radius 2 is 2.22 bits per heavy atom. The van der Waals surface area contributed by atoms with Crippen LogP contribution in [0.1, 0.15) is 35.6 Å². The number of carbonyl (C=O) groups is 1. The van der Waals surface area contributed by atoms with Gasteiger partial charge in [0.1, 0.15) is 5.76 Å². The van der Waals surface area contributed by atoms with Crippen molar-refractivity contribution in [2.75, 3.05) is 20.2 Å². The van der Waals surface area contributed by atoms with Crippen LogP contribution in [0.15, 0.2) is 16.5 Å². The molecule has 18 heavy (non-hydrogen) atoms. The van der Waals surface area contributed by atoms with Crippen molar-refractivity contribution in [3.63, 3.8) is 0 Å². The van der Waals surface area contributed by atoms with E-state index in [4.69, 9.17) is 15.4 Å². The lowest BCUT2D eigenvalue weighted by Crippen LogP contribution is -2.29. The van der Waals surface area contributed by atoms with Crippen LogP contribution in [0.3, 0.4) is 0 Å². The highest BCUT2D eigenvalue weighted by molar-refractivity contribution is 5.90. The molecule has 6 nitrogen and oxygen atoms in total. The highest BCUT2D eigenvalue weighted by Gasteiger charge is 2.10. The molecule has 1 heterocycles. The van der Waals surface area contributed by atoms with Gasteiger partial charge in [-0.2, -0.15) is 0 Å². The number of furan rings is 1. The second kappa shape index (κ2) is 7.86. The summed E-state index contributed by atoms with van der Waals surface area (Å²) in [5, 5.41) is 8.67. The highest BCUT2D eigenvalue weighted by Crippen LogP contribution is 2.10. The number of amides is 1. The van der Waals surface area contributed by atoms with Crippen molar-refractivity contribution in [2.24, 2.45) is 5.84 Å². The van der Waals surface area contributed by atoms with E-state index in [0.717, 1.165) is 31.6 Å². The predicted molar refractivity (Wildman–Crippen MR) is 67.6 cm³/mol. The van der Waals surface area contributed by atoms with Gasteiger partial charge in [0, 0.05) is 6.61 Å². The zero-order chi connectivity index (χ0) is 13.4. The van der Waals surface area contributed by atoms with E-state index in [2.05, 4.69) is 4.90 Å². The van der Waals surface area contributed by atoms with Gasteiger partial charge < -0.3 is 9.52 Å². The molecule has 1 aromatic heterocycles. The molecule has 0 unspecified atom stereocenters. The third-order valence-electron chi connectivity index (χ3n) is 2.64. The Morgan fingerprint density at radius 1 is 1.44 bits per heavy atom. The van der Waals surface area contributed by atoms with Crippen molar-refractivity contribution in [2.45, 2.75) is 25.8 Å². The summed E-state index contributed by atoms with van der Waals surface area (Å²) in [5.74, 6) is 5.55. The molecule has 0 aliphatic rings. The van der Waals surface area contributed by atoms with E-state index in [0.29, 0.717) is 6.54 Å². The average molecular weight is 255 g/mol. The molecule has 0 radical (unpaired) electrons. The molecular formula is C12H21N3O3. The van der Waals surface area contributed by atoms with E-state index >= 15 is 0 Å². The summed E-state index contributed by atoms with van der Waals surface area (Å²) in [7, 11) is 1.99. The number of nitrogen functional groups attached to an aromatic ring is 1. The molecule has 0 atom stereocenters. The molecule has 0 aliphatic heterocycles. The van der Waals surface area contributed by atoms with E-state index in [1.54, 1.807) is 12.1 Å². The third kappa shape index (κ3) is 4.87. The largest absolute Gasteiger partial charge is 0.455 e. The molecule has 0 saturated carbocycles. The Balaban J connectivity index is 2.33. The quantitative estimate of drug-likeness (QED) is 0.272. The number of nitrogens with one attached hydrogen (secondary N) is 1. The number of nitrogens with two attached hydrogens (primary N) is 1. The fourth-order valence-corrected chi connectivity index (χ4v) is 1.67. The van der Waals surface area contributed by atoms with Crippen molar-refractivity contribution in [1.29, 1.82) is 0 Å². The number of aliphatic hydroxyl groups is 1. The summed E-state index contributed by atoms with van der Waals surface area (Å²) in [5.41, 5.74) is 2.03. The van der Waals surface area contributed by atoms with Crippen molar-refractivity contribution in [1.82, 2.24) is 10.3 Å². The maximum atomic E-state index is 11.2. The number of rotatable bonds is 8. The second-order valence-corrected chi connectivity index (χ2v) is 4.26. The molecule has 4 N–H and O–H groups in total. The third-order valence-corrected chi connectivity index (χ3v) is 2.64. The summed E-state index contributed by atoms with van der Waals surface area (Å²) in [4.78, 5) is 13.3. The molecular weight excluding hydrogens is 234 g/mol. The van der Waals surface area contributed by atoms with E-state index < -0.39 is 5.91 Å². The first-order chi connectivity index (χ1) is 8.67. The molecule has 0 saturated heterocycles. The summed E-state index contributed by atoms with van der Waals surface area (Å²) in [6, 6.07) is 3.38. The zero-order valence-electron chi connectivity index (χ0n) is 10.7. The maximum Gasteiger partial charge on any atom is 0.300 e. The van der Waals surface area contributed by atoms with Gasteiger partial charge in [0.05, 0.1) is 6.54 Å². The maximum absolute atomic E-state index is 11.2. The highest BCUT2D eigenvalue weighted by atomic mass is 16.4. The van der Waals surface area contributed by atoms with E-state index in [9.17, 15) is 4.79 Å². The van der Waals surface area contributed by atoms with E-state index in [1.807, 2.05) is 12.5 Å². The number of aliphatic hydroxyl groups excluding tert-OH is 1. The van der Waals surface area contributed by atoms with E-state index in [-0.39, 0.29) is 12.4 Å². The number of hydrogen-bond acceptors (Lipinski definition) is 5. The predicted octanol–water partition coefficient (Wildman–Crippen LogP) is 0.477. The number of carbonyl (C=O) groups excluding carboxylic acids is 1. The number of hydrogen-bond donors (Lipinski definition) is 3. The summed E-state index contributed by atoms with van der Waals surface area (Å²) in [6.45, 7) is 1.83. The van der Waals surface area contributed by atoms with Crippen LogP contribution in [0.25, 0.3) is 0 Å². The lowest BCUT2D eigenvalue weighted by molar-refractivity contribution is 0.0922. The minimum absolute atomic E-state index is 0.223. The Hall–Kier alpha value is -1.37. The van der Waals surface area contributed by atoms with Gasteiger partial charge in [-0.25, -0.2) is 5.84 Å². The van der Waals surface area contributed by atoms with Crippen LogP contribution in [-0.2, 0) is 6.54 Å². The van der Waals surface area contributed by atoms with Crippen LogP contribution >= 0.6 is 0 Å². The normalized spacial score (nSPS) is 10.9. The van der Waals surface area contributed by atoms with Crippen LogP contribution in [0, 0.1) is 0 Å². The Kier molecular flexibility index (Phi) is 6.42. The van der Waals surface area contributed by atoms with E-state index in [1.165, 1.54) is 0 Å². The Bertz CT molecular complexity index is 365. The molecule has 0 aliphatic carbocycles. The van der Waals surface area contributed by atoms with Gasteiger partial charge >= 0.3 is 5.91 Å². The SMILES string of the molecule is CN(CCCCCO)Cc1ccc(C(=O)NN)o1. The standard InChI is InChI=1S/C12H21N3O3/c1-15(7-3-2-4-8-16)9-10-5-6-11(18-10)12(17)14-13/h5-6,16H,2-4,7-9,13H2,1H3,(H,14,17). The monoisotopic (exact) mass is 255 g/mol. The van der Waals surface area contributed by atoms with Crippen molar-refractivity contribution in [3.05, 3.63) is 23.7 Å². The van der Waals surface area contributed by atoms with Gasteiger partial charge in [0.25, 0.3) is 0 Å². The molecule has 6 heteroatoms. The fraction of sp³-hybridized carbons (Fsp3) is 0.583. The molecule has 1 aromatic rings. The van der Waals surface area contributed by atoms with Crippen LogP contribution in [0.5, 0.6) is 0 Å². The van der Waals surface area contributed by atoms with Gasteiger partial charge in [0.2, 0.25) is 0 Å². The second-order valence-electron chi connectivity index (χ2n) is 4.26. The fourth-order valence-electron chi connectivity index (χ4n) is 1.67. The van der Waals surface area contributed by atoms with Crippen LogP contribution in [-0.4, -0.2) is 36.1 Å². The van der Waals surface area contributed by atoms with Crippen LogP contribution in [0.4, 0.5) is 0 Å². The Labute approximate surface area is 107 Å². The molecule has 0 bridgehead atoms. The lowest BCUT2D eigenvalue weighted by Gasteiger charge is -2.14. The average Bonchev–Trinajstić information content (AvgIpc) is 2.82. The molecule has 0 spiro atoms. The van der Waals surface area contributed by atoms with Crippen molar-refractivity contribution in [3.8, 4) is 0 Å². The summed E-state index contributed by atoms with van der Waals surface area (Å²) in [6.07, 6.45) is 2.89. The number of hydrazine groups is 1. The molecule has 0 aromatic carbocycles. The molecule has 1 amide bonds. The first-order valence-electron chi connectivity index (χ1n) is 6.06. The first kappa shape index (κ1) is 14.7. The van der Waals surface area contributed by atoms with Gasteiger partial charge in [-0.3, -0.25) is 15.1 Å². The number of unbranched alkanes of at least 4 members (excludes halogenated alkanes) is 2. The van der Waals surface area contributed by atoms with Crippen LogP contribution in [0.2, 0.25) is 0 Å². The zero-order valence-corrected chi connectivity index (χ0v) is 10.7. The lowest BCUT2D eigenvalue weighted by atomic mass is 10.2. The number of nitrogens with zero attached hydrogens (tertiary/aromatic N) is 1. The van der Waals surface area contributed by atoms with Gasteiger partial charge in [-0.1, -0.05) is 0 Å². The van der Waals surface area contributed by atoms with Crippen molar-refractivity contribution >= 4 is 5.91 Å². The van der Waals surface area contributed by atoms with Crippen molar-refractivity contribution < 1.29 is 14.3 Å². The molecule has 1 rings (SSSR count). The summed E-state index contributed by atoms with van der Waals surface area (Å²) < 4.78 is 5.36. The van der Waals surface area contributed by atoms with Crippen LogP contribution < -0.4 is 11.3 Å². The minimum atomic E-state index is -0.424. The van der Waals surface area contributed by atoms with Gasteiger partial charge in [-0.15, -0.1) is 0 Å². The Morgan fingerprint density at radius 3 is 2.89 bits per heavy atom. The molecule has 0 fully saturated rings. The van der Waals surface area contributed by atoms with Gasteiger partial charge in [-0.05, 0) is 45.0 Å². The smallest absolute Gasteiger partial charge is 0.300 e.